The minimum Gasteiger partial charge on any atom is -0.394 e. The molecule has 0 aromatic rings. The predicted molar refractivity (Wildman–Crippen MR) is 106 cm³/mol. The quantitative estimate of drug-likeness (QED) is 0.136. The highest BCUT2D eigenvalue weighted by molar-refractivity contribution is 4.98. The van der Waals surface area contributed by atoms with Gasteiger partial charge in [-0.25, -0.2) is 0 Å². The summed E-state index contributed by atoms with van der Waals surface area (Å²) >= 11 is 0. The molecule has 35 heavy (non-hydrogen) atoms. The van der Waals surface area contributed by atoms with Gasteiger partial charge < -0.3 is 79.5 Å². The second kappa shape index (κ2) is 11.8. The van der Waals surface area contributed by atoms with Crippen molar-refractivity contribution in [2.75, 3.05) is 33.5 Å². The van der Waals surface area contributed by atoms with E-state index in [1.54, 1.807) is 0 Å². The molecule has 3 fully saturated rings. The lowest BCUT2D eigenvalue weighted by Crippen LogP contribution is -2.63. The number of hydrogen-bond acceptors (Lipinski definition) is 16. The fourth-order valence-corrected chi connectivity index (χ4v) is 4.16. The van der Waals surface area contributed by atoms with Crippen LogP contribution >= 0.6 is 0 Å². The van der Waals surface area contributed by atoms with Crippen LogP contribution in [0.1, 0.15) is 0 Å². The van der Waals surface area contributed by atoms with E-state index < -0.39 is 105 Å². The molecule has 2 unspecified atom stereocenters. The molecule has 16 heteroatoms. The molecular weight excluding hydrogens is 484 g/mol. The molecular formula is C19H34O16. The van der Waals surface area contributed by atoms with Gasteiger partial charge in [-0.15, -0.1) is 0 Å². The van der Waals surface area contributed by atoms with E-state index in [4.69, 9.17) is 28.4 Å². The molecule has 3 heterocycles. The Kier molecular flexibility index (Phi) is 9.77. The molecule has 16 nitrogen and oxygen atoms in total. The Morgan fingerprint density at radius 3 is 1.71 bits per heavy atom. The predicted octanol–water partition coefficient (Wildman–Crippen LogP) is -6.92. The van der Waals surface area contributed by atoms with Crippen LogP contribution in [0.4, 0.5) is 0 Å². The Balaban J connectivity index is 1.69. The summed E-state index contributed by atoms with van der Waals surface area (Å²) in [6, 6.07) is 0. The van der Waals surface area contributed by atoms with Gasteiger partial charge >= 0.3 is 0 Å². The van der Waals surface area contributed by atoms with Crippen LogP contribution in [0, 0.1) is 0 Å². The van der Waals surface area contributed by atoms with Crippen molar-refractivity contribution in [3.8, 4) is 0 Å². The minimum absolute atomic E-state index is 0.138. The third-order valence-corrected chi connectivity index (χ3v) is 6.31. The van der Waals surface area contributed by atoms with Crippen LogP contribution in [0.25, 0.3) is 0 Å². The lowest BCUT2D eigenvalue weighted by molar-refractivity contribution is -0.388. The summed E-state index contributed by atoms with van der Waals surface area (Å²) in [5.74, 6) is -2.35. The average Bonchev–Trinajstić information content (AvgIpc) is 3.09. The summed E-state index contributed by atoms with van der Waals surface area (Å²) in [5.41, 5.74) is 0. The van der Waals surface area contributed by atoms with Gasteiger partial charge in [0.1, 0.15) is 73.8 Å². The van der Waals surface area contributed by atoms with Gasteiger partial charge in [0.2, 0.25) is 5.79 Å². The maximum atomic E-state index is 10.3. The smallest absolute Gasteiger partial charge is 0.224 e. The highest BCUT2D eigenvalue weighted by atomic mass is 16.8. The maximum absolute atomic E-state index is 10.3. The second-order valence-electron chi connectivity index (χ2n) is 8.68. The van der Waals surface area contributed by atoms with E-state index in [2.05, 4.69) is 0 Å². The number of ether oxygens (including phenoxy) is 6. The first-order chi connectivity index (χ1) is 16.5. The standard InChI is InChI=1S/C19H34O16/c1-30-3-7-9(22)12(25)14(27)17(32-7)31-4-8-10(23)13(26)15(28)18(33-8)35-19(5-21)16(29)11(24)6(2-20)34-19/h6-18,20-29H,2-5H2,1H3/t6-,7-,8-,9+,10-,11-,12+,13+,14-,15-,16+,17?,18?,19+/m1/s1. The maximum Gasteiger partial charge on any atom is 0.224 e. The molecule has 3 rings (SSSR count). The van der Waals surface area contributed by atoms with Crippen LogP contribution in [0.15, 0.2) is 0 Å². The summed E-state index contributed by atoms with van der Waals surface area (Å²) in [6.45, 7) is -2.51. The van der Waals surface area contributed by atoms with Crippen LogP contribution < -0.4 is 0 Å². The topological polar surface area (TPSA) is 258 Å². The number of methoxy groups -OCH3 is 1. The number of aliphatic hydroxyl groups excluding tert-OH is 10. The van der Waals surface area contributed by atoms with Gasteiger partial charge in [-0.3, -0.25) is 0 Å². The molecule has 10 N–H and O–H groups in total. The molecule has 0 amide bonds. The van der Waals surface area contributed by atoms with Crippen LogP contribution in [-0.4, -0.2) is 170 Å². The summed E-state index contributed by atoms with van der Waals surface area (Å²) < 4.78 is 31.7. The molecule has 0 spiro atoms. The second-order valence-corrected chi connectivity index (χ2v) is 8.68. The SMILES string of the molecule is COC[C@H]1OC(OC[C@H]2OC(O[C@]3(CO)O[C@H](CO)[C@@H](O)[C@@H]3O)[C@H](O)[C@@H](O)[C@@H]2O)[C@H](O)[C@@H](O)[C@H]1O. The van der Waals surface area contributed by atoms with Crippen molar-refractivity contribution in [2.24, 2.45) is 0 Å². The third-order valence-electron chi connectivity index (χ3n) is 6.31. The molecule has 14 atom stereocenters. The van der Waals surface area contributed by atoms with Gasteiger partial charge in [0.25, 0.3) is 0 Å². The van der Waals surface area contributed by atoms with Crippen molar-refractivity contribution in [2.45, 2.75) is 85.5 Å². The zero-order valence-corrected chi connectivity index (χ0v) is 18.8. The Labute approximate surface area is 199 Å². The molecule has 0 aliphatic carbocycles. The van der Waals surface area contributed by atoms with E-state index in [1.165, 1.54) is 7.11 Å². The van der Waals surface area contributed by atoms with E-state index in [9.17, 15) is 51.1 Å². The Morgan fingerprint density at radius 2 is 1.20 bits per heavy atom. The van der Waals surface area contributed by atoms with Gasteiger partial charge in [-0.05, 0) is 0 Å². The molecule has 3 saturated heterocycles. The fraction of sp³-hybridized carbons (Fsp3) is 1.00. The Bertz CT molecular complexity index is 671. The van der Waals surface area contributed by atoms with Crippen molar-refractivity contribution in [1.82, 2.24) is 0 Å². The zero-order chi connectivity index (χ0) is 26.1. The van der Waals surface area contributed by atoms with E-state index in [1.807, 2.05) is 0 Å². The van der Waals surface area contributed by atoms with Crippen LogP contribution in [0.2, 0.25) is 0 Å². The monoisotopic (exact) mass is 518 g/mol. The van der Waals surface area contributed by atoms with Crippen LogP contribution in [0.5, 0.6) is 0 Å². The van der Waals surface area contributed by atoms with Crippen molar-refractivity contribution in [3.63, 3.8) is 0 Å². The first-order valence-corrected chi connectivity index (χ1v) is 10.9. The molecule has 0 bridgehead atoms. The molecule has 0 aromatic carbocycles. The molecule has 0 saturated carbocycles. The molecule has 3 aliphatic heterocycles. The summed E-state index contributed by atoms with van der Waals surface area (Å²) in [6.07, 6.45) is -21.0. The molecule has 206 valence electrons. The number of rotatable bonds is 9. The Morgan fingerprint density at radius 1 is 0.657 bits per heavy atom. The van der Waals surface area contributed by atoms with Gasteiger partial charge in [-0.1, -0.05) is 0 Å². The third kappa shape index (κ3) is 5.63. The first kappa shape index (κ1) is 28.9. The van der Waals surface area contributed by atoms with Crippen LogP contribution in [-0.2, 0) is 28.4 Å². The zero-order valence-electron chi connectivity index (χ0n) is 18.8. The van der Waals surface area contributed by atoms with Gasteiger partial charge in [0.05, 0.1) is 19.8 Å². The lowest BCUT2D eigenvalue weighted by atomic mass is 9.98. The van der Waals surface area contributed by atoms with Crippen molar-refractivity contribution >= 4 is 0 Å². The van der Waals surface area contributed by atoms with Gasteiger partial charge in [0, 0.05) is 7.11 Å². The largest absolute Gasteiger partial charge is 0.394 e. The van der Waals surface area contributed by atoms with E-state index >= 15 is 0 Å². The van der Waals surface area contributed by atoms with E-state index in [0.717, 1.165) is 0 Å². The van der Waals surface area contributed by atoms with Crippen molar-refractivity contribution in [1.29, 1.82) is 0 Å². The Hall–Kier alpha value is -0.640. The minimum atomic E-state index is -2.35. The van der Waals surface area contributed by atoms with Gasteiger partial charge in [0.15, 0.2) is 12.6 Å². The summed E-state index contributed by atoms with van der Waals surface area (Å²) in [5, 5.41) is 100. The highest BCUT2D eigenvalue weighted by Gasteiger charge is 2.58. The number of hydrogen-bond donors (Lipinski definition) is 10. The summed E-state index contributed by atoms with van der Waals surface area (Å²) in [7, 11) is 1.33. The average molecular weight is 518 g/mol. The van der Waals surface area contributed by atoms with Crippen molar-refractivity contribution in [3.05, 3.63) is 0 Å². The fourth-order valence-electron chi connectivity index (χ4n) is 4.16. The van der Waals surface area contributed by atoms with Crippen LogP contribution in [0.3, 0.4) is 0 Å². The molecule has 0 radical (unpaired) electrons. The van der Waals surface area contributed by atoms with E-state index in [0.29, 0.717) is 0 Å². The highest BCUT2D eigenvalue weighted by Crippen LogP contribution is 2.36. The normalized spacial score (nSPS) is 51.0. The van der Waals surface area contributed by atoms with Crippen molar-refractivity contribution < 1.29 is 79.5 Å². The first-order valence-electron chi connectivity index (χ1n) is 10.9. The molecule has 0 aromatic heterocycles. The summed E-state index contributed by atoms with van der Waals surface area (Å²) in [4.78, 5) is 0. The van der Waals surface area contributed by atoms with E-state index in [-0.39, 0.29) is 6.61 Å². The van der Waals surface area contributed by atoms with Gasteiger partial charge in [-0.2, -0.15) is 0 Å². The lowest BCUT2D eigenvalue weighted by Gasteiger charge is -2.44. The molecule has 3 aliphatic rings. The number of aliphatic hydroxyl groups is 10.